The van der Waals surface area contributed by atoms with E-state index in [-0.39, 0.29) is 24.4 Å². The average molecular weight is 329 g/mol. The second-order valence-electron chi connectivity index (χ2n) is 4.21. The summed E-state index contributed by atoms with van der Waals surface area (Å²) >= 11 is 0.967. The molecule has 114 valence electrons. The summed E-state index contributed by atoms with van der Waals surface area (Å²) < 4.78 is 39.2. The number of fused-ring (bicyclic) bond motifs is 1. The summed E-state index contributed by atoms with van der Waals surface area (Å²) in [7, 11) is -2.45. The SMILES string of the molecule is CCN(CCC(=O)OC)S(=O)(=O)c1cccc2nsnc12. The summed E-state index contributed by atoms with van der Waals surface area (Å²) in [6.07, 6.45) is 0.00879. The van der Waals surface area contributed by atoms with Gasteiger partial charge in [0.25, 0.3) is 0 Å². The molecule has 7 nitrogen and oxygen atoms in total. The molecule has 1 aromatic heterocycles. The smallest absolute Gasteiger partial charge is 0.306 e. The summed E-state index contributed by atoms with van der Waals surface area (Å²) in [5.41, 5.74) is 0.907. The molecule has 1 heterocycles. The summed E-state index contributed by atoms with van der Waals surface area (Å²) in [5, 5.41) is 0. The largest absolute Gasteiger partial charge is 0.469 e. The number of ether oxygens (including phenoxy) is 1. The highest BCUT2D eigenvalue weighted by Gasteiger charge is 2.26. The molecule has 0 saturated heterocycles. The molecule has 21 heavy (non-hydrogen) atoms. The van der Waals surface area contributed by atoms with Gasteiger partial charge in [0, 0.05) is 13.1 Å². The first kappa shape index (κ1) is 15.8. The molecule has 0 bridgehead atoms. The Kier molecular flexibility index (Phi) is 4.86. The molecule has 0 aliphatic rings. The number of methoxy groups -OCH3 is 1. The number of benzene rings is 1. The molecule has 0 radical (unpaired) electrons. The highest BCUT2D eigenvalue weighted by atomic mass is 32.2. The molecule has 2 rings (SSSR count). The first-order chi connectivity index (χ1) is 10.0. The molecule has 1 aromatic carbocycles. The van der Waals surface area contributed by atoms with Crippen molar-refractivity contribution in [2.45, 2.75) is 18.2 Å². The topological polar surface area (TPSA) is 89.5 Å². The fraction of sp³-hybridized carbons (Fsp3) is 0.417. The second-order valence-corrected chi connectivity index (χ2v) is 6.65. The lowest BCUT2D eigenvalue weighted by atomic mass is 10.3. The molecule has 0 unspecified atom stereocenters. The minimum Gasteiger partial charge on any atom is -0.469 e. The van der Waals surface area contributed by atoms with Gasteiger partial charge in [-0.15, -0.1) is 0 Å². The lowest BCUT2D eigenvalue weighted by Gasteiger charge is -2.19. The fourth-order valence-corrected chi connectivity index (χ4v) is 4.10. The third-order valence-corrected chi connectivity index (χ3v) is 5.56. The van der Waals surface area contributed by atoms with Crippen molar-refractivity contribution in [2.24, 2.45) is 0 Å². The summed E-state index contributed by atoms with van der Waals surface area (Å²) in [4.78, 5) is 11.3. The Bertz CT molecular complexity index is 742. The van der Waals surface area contributed by atoms with Crippen LogP contribution in [0.5, 0.6) is 0 Å². The van der Waals surface area contributed by atoms with Crippen LogP contribution in [0.1, 0.15) is 13.3 Å². The van der Waals surface area contributed by atoms with E-state index in [2.05, 4.69) is 13.5 Å². The zero-order chi connectivity index (χ0) is 15.5. The molecule has 0 atom stereocenters. The van der Waals surface area contributed by atoms with Crippen molar-refractivity contribution in [3.05, 3.63) is 18.2 Å². The van der Waals surface area contributed by atoms with Crippen molar-refractivity contribution in [3.63, 3.8) is 0 Å². The van der Waals surface area contributed by atoms with Crippen LogP contribution in [-0.4, -0.2) is 47.6 Å². The highest BCUT2D eigenvalue weighted by Crippen LogP contribution is 2.24. The second kappa shape index (κ2) is 6.46. The van der Waals surface area contributed by atoms with E-state index < -0.39 is 16.0 Å². The van der Waals surface area contributed by atoms with Crippen LogP contribution in [0.25, 0.3) is 11.0 Å². The molecule has 0 amide bonds. The van der Waals surface area contributed by atoms with Gasteiger partial charge in [-0.3, -0.25) is 4.79 Å². The number of hydrogen-bond acceptors (Lipinski definition) is 7. The lowest BCUT2D eigenvalue weighted by Crippen LogP contribution is -2.33. The van der Waals surface area contributed by atoms with Gasteiger partial charge in [0.1, 0.15) is 15.9 Å². The van der Waals surface area contributed by atoms with E-state index in [1.54, 1.807) is 19.1 Å². The third kappa shape index (κ3) is 3.20. The van der Waals surface area contributed by atoms with Crippen molar-refractivity contribution in [1.29, 1.82) is 0 Å². The number of esters is 1. The number of hydrogen-bond donors (Lipinski definition) is 0. The van der Waals surface area contributed by atoms with Crippen LogP contribution in [-0.2, 0) is 19.6 Å². The normalized spacial score (nSPS) is 12.0. The van der Waals surface area contributed by atoms with E-state index in [9.17, 15) is 13.2 Å². The van der Waals surface area contributed by atoms with Crippen LogP contribution in [0.15, 0.2) is 23.1 Å². The molecule has 9 heteroatoms. The van der Waals surface area contributed by atoms with Crippen LogP contribution in [0, 0.1) is 0 Å². The maximum absolute atomic E-state index is 12.7. The molecule has 0 aliphatic heterocycles. The van der Waals surface area contributed by atoms with E-state index in [4.69, 9.17) is 0 Å². The van der Waals surface area contributed by atoms with Crippen molar-refractivity contribution in [3.8, 4) is 0 Å². The number of aromatic nitrogens is 2. The van der Waals surface area contributed by atoms with Gasteiger partial charge < -0.3 is 4.74 Å². The Morgan fingerprint density at radius 2 is 2.14 bits per heavy atom. The van der Waals surface area contributed by atoms with Crippen molar-refractivity contribution in [2.75, 3.05) is 20.2 Å². The van der Waals surface area contributed by atoms with Crippen LogP contribution in [0.3, 0.4) is 0 Å². The number of rotatable bonds is 6. The predicted molar refractivity (Wildman–Crippen MR) is 78.5 cm³/mol. The Morgan fingerprint density at radius 3 is 2.81 bits per heavy atom. The summed E-state index contributed by atoms with van der Waals surface area (Å²) in [6.45, 7) is 2.04. The minimum absolute atomic E-state index is 0.00879. The number of sulfonamides is 1. The van der Waals surface area contributed by atoms with Crippen molar-refractivity contribution in [1.82, 2.24) is 13.1 Å². The number of carbonyl (C=O) groups excluding carboxylic acids is 1. The maximum Gasteiger partial charge on any atom is 0.306 e. The summed E-state index contributed by atoms with van der Waals surface area (Å²) in [6, 6.07) is 4.84. The van der Waals surface area contributed by atoms with Crippen LogP contribution in [0.2, 0.25) is 0 Å². The van der Waals surface area contributed by atoms with E-state index >= 15 is 0 Å². The van der Waals surface area contributed by atoms with Gasteiger partial charge in [-0.05, 0) is 12.1 Å². The van der Waals surface area contributed by atoms with Gasteiger partial charge in [-0.25, -0.2) is 8.42 Å². The van der Waals surface area contributed by atoms with E-state index in [0.29, 0.717) is 11.0 Å². The molecule has 2 aromatic rings. The Morgan fingerprint density at radius 1 is 1.38 bits per heavy atom. The third-order valence-electron chi connectivity index (χ3n) is 3.01. The molecule has 0 N–H and O–H groups in total. The van der Waals surface area contributed by atoms with Gasteiger partial charge in [0.2, 0.25) is 10.0 Å². The Labute approximate surface area is 126 Å². The first-order valence-electron chi connectivity index (χ1n) is 6.29. The van der Waals surface area contributed by atoms with Crippen LogP contribution in [0.4, 0.5) is 0 Å². The Balaban J connectivity index is 2.35. The van der Waals surface area contributed by atoms with E-state index in [1.165, 1.54) is 17.5 Å². The van der Waals surface area contributed by atoms with Gasteiger partial charge in [0.15, 0.2) is 0 Å². The van der Waals surface area contributed by atoms with Crippen molar-refractivity contribution >= 4 is 38.8 Å². The van der Waals surface area contributed by atoms with Gasteiger partial charge in [-0.1, -0.05) is 13.0 Å². The van der Waals surface area contributed by atoms with Gasteiger partial charge >= 0.3 is 5.97 Å². The van der Waals surface area contributed by atoms with E-state index in [1.807, 2.05) is 0 Å². The minimum atomic E-state index is -3.72. The van der Waals surface area contributed by atoms with Gasteiger partial charge in [0.05, 0.1) is 25.3 Å². The van der Waals surface area contributed by atoms with Crippen LogP contribution < -0.4 is 0 Å². The highest BCUT2D eigenvalue weighted by molar-refractivity contribution is 7.89. The van der Waals surface area contributed by atoms with Crippen LogP contribution >= 0.6 is 11.7 Å². The first-order valence-corrected chi connectivity index (χ1v) is 8.46. The average Bonchev–Trinajstić information content (AvgIpc) is 2.95. The van der Waals surface area contributed by atoms with Crippen molar-refractivity contribution < 1.29 is 17.9 Å². The maximum atomic E-state index is 12.7. The molecule has 0 spiro atoms. The molecule has 0 aliphatic carbocycles. The quantitative estimate of drug-likeness (QED) is 0.741. The number of nitrogens with zero attached hydrogens (tertiary/aromatic N) is 3. The monoisotopic (exact) mass is 329 g/mol. The lowest BCUT2D eigenvalue weighted by molar-refractivity contribution is -0.140. The fourth-order valence-electron chi connectivity index (χ4n) is 1.89. The number of carbonyl (C=O) groups is 1. The summed E-state index contributed by atoms with van der Waals surface area (Å²) in [5.74, 6) is -0.447. The molecule has 0 saturated carbocycles. The molecule has 0 fully saturated rings. The van der Waals surface area contributed by atoms with Gasteiger partial charge in [-0.2, -0.15) is 13.1 Å². The molecular weight excluding hydrogens is 314 g/mol. The Hall–Kier alpha value is -1.58. The standard InChI is InChI=1S/C12H15N3O4S2/c1-3-15(8-7-11(16)19-2)21(17,18)10-6-4-5-9-12(10)14-20-13-9/h4-6H,3,7-8H2,1-2H3. The zero-order valence-electron chi connectivity index (χ0n) is 11.6. The predicted octanol–water partition coefficient (Wildman–Crippen LogP) is 1.27. The zero-order valence-corrected chi connectivity index (χ0v) is 13.3. The molecular formula is C12H15N3O4S2. The van der Waals surface area contributed by atoms with E-state index in [0.717, 1.165) is 11.7 Å².